The maximum atomic E-state index is 12.6. The van der Waals surface area contributed by atoms with Crippen LogP contribution in [0.3, 0.4) is 0 Å². The molecule has 3 unspecified atom stereocenters. The first-order valence-corrected chi connectivity index (χ1v) is 23.2. The van der Waals surface area contributed by atoms with Gasteiger partial charge in [-0.3, -0.25) is 18.6 Å². The van der Waals surface area contributed by atoms with Crippen LogP contribution in [0.15, 0.2) is 12.2 Å². The van der Waals surface area contributed by atoms with E-state index in [0.717, 1.165) is 44.9 Å². The summed E-state index contributed by atoms with van der Waals surface area (Å²) in [5.74, 6) is -1.77. The highest BCUT2D eigenvalue weighted by Crippen LogP contribution is 2.43. The van der Waals surface area contributed by atoms with Crippen molar-refractivity contribution < 1.29 is 42.7 Å². The second kappa shape index (κ2) is 39.0. The fourth-order valence-electron chi connectivity index (χ4n) is 6.13. The lowest BCUT2D eigenvalue weighted by Gasteiger charge is -2.20. The first-order chi connectivity index (χ1) is 25.7. The lowest BCUT2D eigenvalue weighted by atomic mass is 10.0. The topological polar surface area (TPSA) is 155 Å². The molecule has 10 nitrogen and oxygen atoms in total. The second-order valence-electron chi connectivity index (χ2n) is 14.8. The minimum Gasteiger partial charge on any atom is -0.480 e. The number of hydrogen-bond donors (Lipinski definition) is 3. The van der Waals surface area contributed by atoms with E-state index in [0.29, 0.717) is 6.61 Å². The van der Waals surface area contributed by atoms with Crippen molar-refractivity contribution in [2.75, 3.05) is 26.4 Å². The molecule has 0 rings (SSSR count). The molecule has 0 aliphatic heterocycles. The van der Waals surface area contributed by atoms with Crippen molar-refractivity contribution in [1.29, 1.82) is 0 Å². The van der Waals surface area contributed by atoms with Crippen LogP contribution < -0.4 is 5.73 Å². The largest absolute Gasteiger partial charge is 0.480 e. The highest BCUT2D eigenvalue weighted by atomic mass is 31.2. The SMILES string of the molecule is CCCCCCCC/C=C\CCCCCCCCOCC(COP(=O)(O)OCC(N)C(=O)O)OC(=O)CCCCCCCCCCCCCCCCC. The third-order valence-electron chi connectivity index (χ3n) is 9.54. The molecule has 0 aromatic rings. The first kappa shape index (κ1) is 51.7. The minimum absolute atomic E-state index is 0.0182. The number of ether oxygens (including phenoxy) is 2. The van der Waals surface area contributed by atoms with E-state index in [4.69, 9.17) is 29.4 Å². The number of unbranched alkanes of at least 4 members (excludes halogenated alkanes) is 26. The van der Waals surface area contributed by atoms with Crippen LogP contribution in [0.1, 0.15) is 206 Å². The fourth-order valence-corrected chi connectivity index (χ4v) is 6.91. The number of aliphatic carboxylic acids is 1. The number of nitrogens with two attached hydrogens (primary N) is 1. The molecule has 0 saturated heterocycles. The van der Waals surface area contributed by atoms with Crippen LogP contribution in [0.4, 0.5) is 0 Å². The van der Waals surface area contributed by atoms with Crippen LogP contribution in [0, 0.1) is 0 Å². The van der Waals surface area contributed by atoms with Gasteiger partial charge < -0.3 is 25.2 Å². The predicted molar refractivity (Wildman–Crippen MR) is 217 cm³/mol. The highest BCUT2D eigenvalue weighted by molar-refractivity contribution is 7.47. The third kappa shape index (κ3) is 38.8. The number of carbonyl (C=O) groups is 2. The molecular formula is C42H82NO9P. The summed E-state index contributed by atoms with van der Waals surface area (Å²) in [6.07, 6.45) is 39.7. The van der Waals surface area contributed by atoms with Gasteiger partial charge in [0, 0.05) is 13.0 Å². The number of phosphoric acid groups is 1. The summed E-state index contributed by atoms with van der Waals surface area (Å²) >= 11 is 0. The average molecular weight is 776 g/mol. The number of esters is 1. The zero-order valence-electron chi connectivity index (χ0n) is 34.1. The van der Waals surface area contributed by atoms with Crippen molar-refractivity contribution >= 4 is 19.8 Å². The van der Waals surface area contributed by atoms with Crippen LogP contribution >= 0.6 is 7.82 Å². The molecule has 314 valence electrons. The zero-order chi connectivity index (χ0) is 39.1. The number of allylic oxidation sites excluding steroid dienone is 2. The molecule has 0 aliphatic rings. The lowest BCUT2D eigenvalue weighted by molar-refractivity contribution is -0.154. The number of rotatable bonds is 42. The van der Waals surface area contributed by atoms with Crippen LogP contribution in [-0.2, 0) is 32.7 Å². The van der Waals surface area contributed by atoms with E-state index in [1.165, 1.54) is 141 Å². The van der Waals surface area contributed by atoms with Gasteiger partial charge in [-0.25, -0.2) is 4.57 Å². The molecule has 4 N–H and O–H groups in total. The van der Waals surface area contributed by atoms with E-state index < -0.39 is 45.1 Å². The third-order valence-corrected chi connectivity index (χ3v) is 10.5. The second-order valence-corrected chi connectivity index (χ2v) is 16.3. The Morgan fingerprint density at radius 3 is 1.43 bits per heavy atom. The van der Waals surface area contributed by atoms with E-state index in [9.17, 15) is 19.0 Å². The Morgan fingerprint density at radius 1 is 0.585 bits per heavy atom. The Balaban J connectivity index is 4.22. The van der Waals surface area contributed by atoms with E-state index >= 15 is 0 Å². The van der Waals surface area contributed by atoms with Gasteiger partial charge in [0.2, 0.25) is 0 Å². The molecule has 0 amide bonds. The van der Waals surface area contributed by atoms with Gasteiger partial charge >= 0.3 is 19.8 Å². The maximum absolute atomic E-state index is 12.6. The Labute approximate surface area is 324 Å². The summed E-state index contributed by atoms with van der Waals surface area (Å²) in [6.45, 7) is 3.89. The first-order valence-electron chi connectivity index (χ1n) is 21.7. The van der Waals surface area contributed by atoms with Crippen molar-refractivity contribution in [2.45, 2.75) is 219 Å². The van der Waals surface area contributed by atoms with Crippen LogP contribution in [0.5, 0.6) is 0 Å². The maximum Gasteiger partial charge on any atom is 0.472 e. The summed E-state index contributed by atoms with van der Waals surface area (Å²) < 4.78 is 33.3. The van der Waals surface area contributed by atoms with Gasteiger partial charge in [-0.05, 0) is 38.5 Å². The van der Waals surface area contributed by atoms with Crippen molar-refractivity contribution in [3.63, 3.8) is 0 Å². The Hall–Kier alpha value is -1.29. The van der Waals surface area contributed by atoms with Gasteiger partial charge in [-0.15, -0.1) is 0 Å². The Bertz CT molecular complexity index is 904. The number of carboxylic acid groups (broad SMARTS) is 1. The molecule has 0 bridgehead atoms. The molecule has 0 aromatic carbocycles. The molecule has 0 spiro atoms. The summed E-state index contributed by atoms with van der Waals surface area (Å²) in [5.41, 5.74) is 5.35. The van der Waals surface area contributed by atoms with Gasteiger partial charge in [0.25, 0.3) is 0 Å². The molecule has 0 saturated carbocycles. The Kier molecular flexibility index (Phi) is 38.0. The molecule has 3 atom stereocenters. The zero-order valence-corrected chi connectivity index (χ0v) is 35.0. The van der Waals surface area contributed by atoms with Crippen LogP contribution in [-0.4, -0.2) is 60.5 Å². The van der Waals surface area contributed by atoms with Gasteiger partial charge in [0.1, 0.15) is 12.1 Å². The van der Waals surface area contributed by atoms with E-state index in [-0.39, 0.29) is 13.0 Å². The van der Waals surface area contributed by atoms with Crippen molar-refractivity contribution in [1.82, 2.24) is 0 Å². The Morgan fingerprint density at radius 2 is 0.981 bits per heavy atom. The summed E-state index contributed by atoms with van der Waals surface area (Å²) in [7, 11) is -4.61. The smallest absolute Gasteiger partial charge is 0.472 e. The molecule has 0 heterocycles. The molecule has 0 aromatic heterocycles. The normalized spacial score (nSPS) is 14.0. The number of carbonyl (C=O) groups excluding carboxylic acids is 1. The molecule has 53 heavy (non-hydrogen) atoms. The van der Waals surface area contributed by atoms with Crippen molar-refractivity contribution in [2.24, 2.45) is 5.73 Å². The fraction of sp³-hybridized carbons (Fsp3) is 0.905. The number of carboxylic acids is 1. The standard InChI is InChI=1S/C42H82NO9P/c1-3-5-7-9-11-13-15-17-19-21-23-25-27-29-31-33-35-49-36-39(37-50-53(47,48)51-38-40(43)42(45)46)52-41(44)34-32-30-28-26-24-22-20-18-16-14-12-10-8-6-4-2/h17,19,39-40H,3-16,18,20-38,43H2,1-2H3,(H,45,46)(H,47,48)/b19-17-. The monoisotopic (exact) mass is 776 g/mol. The molecule has 0 fully saturated rings. The predicted octanol–water partition coefficient (Wildman–Crippen LogP) is 11.8. The summed E-state index contributed by atoms with van der Waals surface area (Å²) in [4.78, 5) is 33.5. The molecular weight excluding hydrogens is 693 g/mol. The van der Waals surface area contributed by atoms with Gasteiger partial charge in [-0.2, -0.15) is 0 Å². The van der Waals surface area contributed by atoms with E-state index in [1.807, 2.05) is 0 Å². The van der Waals surface area contributed by atoms with Crippen LogP contribution in [0.2, 0.25) is 0 Å². The highest BCUT2D eigenvalue weighted by Gasteiger charge is 2.27. The van der Waals surface area contributed by atoms with Gasteiger partial charge in [-0.1, -0.05) is 174 Å². The molecule has 0 radical (unpaired) electrons. The van der Waals surface area contributed by atoms with E-state index in [1.54, 1.807) is 0 Å². The quantitative estimate of drug-likeness (QED) is 0.0236. The average Bonchev–Trinajstić information content (AvgIpc) is 3.13. The lowest BCUT2D eigenvalue weighted by Crippen LogP contribution is -2.34. The van der Waals surface area contributed by atoms with Gasteiger partial charge in [0.05, 0.1) is 19.8 Å². The van der Waals surface area contributed by atoms with Crippen LogP contribution in [0.25, 0.3) is 0 Å². The number of hydrogen-bond acceptors (Lipinski definition) is 8. The minimum atomic E-state index is -4.61. The molecule has 0 aliphatic carbocycles. The van der Waals surface area contributed by atoms with E-state index in [2.05, 4.69) is 26.0 Å². The molecule has 11 heteroatoms. The van der Waals surface area contributed by atoms with Crippen molar-refractivity contribution in [3.05, 3.63) is 12.2 Å². The van der Waals surface area contributed by atoms with Gasteiger partial charge in [0.15, 0.2) is 0 Å². The van der Waals surface area contributed by atoms with Crippen molar-refractivity contribution in [3.8, 4) is 0 Å². The summed E-state index contributed by atoms with van der Waals surface area (Å²) in [5, 5.41) is 8.89. The number of phosphoric ester groups is 1. The summed E-state index contributed by atoms with van der Waals surface area (Å²) in [6, 6.07) is -1.47.